The minimum absolute atomic E-state index is 0.0274. The lowest BCUT2D eigenvalue weighted by Crippen LogP contribution is -2.69. The summed E-state index contributed by atoms with van der Waals surface area (Å²) in [6, 6.07) is 8.04. The Kier molecular flexibility index (Phi) is 6.95. The van der Waals surface area contributed by atoms with Crippen LogP contribution in [0.25, 0.3) is 5.57 Å². The molecule has 1 aromatic rings. The molecule has 0 amide bonds. The summed E-state index contributed by atoms with van der Waals surface area (Å²) < 4.78 is 4.94. The Morgan fingerprint density at radius 1 is 0.907 bits per heavy atom. The molecule has 5 aliphatic rings. The zero-order valence-electron chi connectivity index (χ0n) is 27.9. The van der Waals surface area contributed by atoms with E-state index >= 15 is 0 Å². The first kappa shape index (κ1) is 30.6. The molecule has 0 unspecified atom stereocenters. The van der Waals surface area contributed by atoms with Crippen molar-refractivity contribution in [2.45, 2.75) is 112 Å². The van der Waals surface area contributed by atoms with E-state index in [0.717, 1.165) is 32.1 Å². The number of benzene rings is 1. The van der Waals surface area contributed by atoms with Gasteiger partial charge in [0.15, 0.2) is 0 Å². The monoisotopic (exact) mass is 583 g/mol. The molecule has 0 saturated heterocycles. The third-order valence-corrected chi connectivity index (χ3v) is 15.2. The first-order chi connectivity index (χ1) is 20.1. The highest BCUT2D eigenvalue weighted by Crippen LogP contribution is 2.80. The molecular formula is C39H53NO3. The van der Waals surface area contributed by atoms with Gasteiger partial charge in [0, 0.05) is 0 Å². The van der Waals surface area contributed by atoms with Gasteiger partial charge in [0.25, 0.3) is 0 Å². The second kappa shape index (κ2) is 9.77. The van der Waals surface area contributed by atoms with Crippen LogP contribution in [0.2, 0.25) is 0 Å². The van der Waals surface area contributed by atoms with Crippen molar-refractivity contribution in [3.05, 3.63) is 53.6 Å². The summed E-state index contributed by atoms with van der Waals surface area (Å²) in [5.41, 5.74) is 4.98. The van der Waals surface area contributed by atoms with Crippen LogP contribution in [0, 0.1) is 50.7 Å². The molecule has 0 aromatic heterocycles. The summed E-state index contributed by atoms with van der Waals surface area (Å²) in [5.74, 6) is 1.73. The summed E-state index contributed by atoms with van der Waals surface area (Å²) in [7, 11) is 1.43. The summed E-state index contributed by atoms with van der Waals surface area (Å²) in [6.07, 6.45) is 14.8. The van der Waals surface area contributed by atoms with Crippen LogP contribution in [0.5, 0.6) is 0 Å². The highest BCUT2D eigenvalue weighted by molar-refractivity contribution is 5.89. The molecule has 0 bridgehead atoms. The van der Waals surface area contributed by atoms with E-state index in [1.807, 2.05) is 18.2 Å². The van der Waals surface area contributed by atoms with Crippen LogP contribution in [0.3, 0.4) is 0 Å². The third kappa shape index (κ3) is 3.84. The maximum Gasteiger partial charge on any atom is 0.337 e. The molecule has 0 N–H and O–H groups in total. The van der Waals surface area contributed by atoms with Gasteiger partial charge in [-0.2, -0.15) is 4.99 Å². The second-order valence-corrected chi connectivity index (χ2v) is 16.7. The highest BCUT2D eigenvalue weighted by Gasteiger charge is 2.74. The van der Waals surface area contributed by atoms with Crippen molar-refractivity contribution in [1.82, 2.24) is 0 Å². The van der Waals surface area contributed by atoms with E-state index in [1.54, 1.807) is 0 Å². The molecule has 232 valence electrons. The Hall–Kier alpha value is -2.45. The average molecular weight is 584 g/mol. The third-order valence-electron chi connectivity index (χ3n) is 15.2. The van der Waals surface area contributed by atoms with Crippen molar-refractivity contribution in [2.24, 2.45) is 55.7 Å². The first-order valence-electron chi connectivity index (χ1n) is 16.8. The first-order valence-corrected chi connectivity index (χ1v) is 16.8. The van der Waals surface area contributed by atoms with Gasteiger partial charge >= 0.3 is 5.97 Å². The predicted molar refractivity (Wildman–Crippen MR) is 173 cm³/mol. The maximum atomic E-state index is 12.1. The van der Waals surface area contributed by atoms with Crippen LogP contribution in [-0.4, -0.2) is 24.7 Å². The minimum atomic E-state index is -0.287. The van der Waals surface area contributed by atoms with Gasteiger partial charge in [-0.1, -0.05) is 71.9 Å². The summed E-state index contributed by atoms with van der Waals surface area (Å²) in [6.45, 7) is 22.1. The number of allylic oxidation sites excluding steroid dienone is 3. The number of hydrogen-bond donors (Lipinski definition) is 0. The van der Waals surface area contributed by atoms with Gasteiger partial charge in [0.1, 0.15) is 0 Å². The molecule has 4 heteroatoms. The van der Waals surface area contributed by atoms with Crippen molar-refractivity contribution >= 4 is 17.6 Å². The number of hydrogen-bond acceptors (Lipinski definition) is 4. The SMILES string of the molecule is C=C(C)[C@@H]1CC[C@]2(N=C=O)CC[C@@]3(C)[C@]4(C)CC[C@H]5C(C)(C)C(c6ccc(C(=O)OC)cc6)=CC[C@]5(C)[C@H]4CC[C@]3(C)[C@@H]12. The fraction of sp³-hybridized carbons (Fsp3) is 0.692. The molecule has 1 aromatic carbocycles. The van der Waals surface area contributed by atoms with E-state index in [-0.39, 0.29) is 38.6 Å². The predicted octanol–water partition coefficient (Wildman–Crippen LogP) is 9.60. The Morgan fingerprint density at radius 3 is 2.19 bits per heavy atom. The molecular weight excluding hydrogens is 530 g/mol. The fourth-order valence-electron chi connectivity index (χ4n) is 13.0. The number of fused-ring (bicyclic) bond motifs is 7. The number of rotatable bonds is 4. The molecule has 43 heavy (non-hydrogen) atoms. The van der Waals surface area contributed by atoms with Gasteiger partial charge in [-0.25, -0.2) is 9.59 Å². The van der Waals surface area contributed by atoms with E-state index in [1.165, 1.54) is 49.5 Å². The molecule has 4 fully saturated rings. The molecule has 9 atom stereocenters. The lowest BCUT2D eigenvalue weighted by Gasteiger charge is -2.75. The summed E-state index contributed by atoms with van der Waals surface area (Å²) in [4.78, 5) is 28.6. The number of methoxy groups -OCH3 is 1. The van der Waals surface area contributed by atoms with Gasteiger partial charge in [-0.15, -0.1) is 0 Å². The number of esters is 1. The van der Waals surface area contributed by atoms with Crippen molar-refractivity contribution in [3.63, 3.8) is 0 Å². The van der Waals surface area contributed by atoms with Crippen LogP contribution < -0.4 is 0 Å². The van der Waals surface area contributed by atoms with Gasteiger partial charge in [0.2, 0.25) is 6.08 Å². The van der Waals surface area contributed by atoms with Crippen LogP contribution in [0.1, 0.15) is 122 Å². The molecule has 4 saturated carbocycles. The second-order valence-electron chi connectivity index (χ2n) is 16.7. The Bertz CT molecular complexity index is 1420. The quantitative estimate of drug-likeness (QED) is 0.153. The fourth-order valence-corrected chi connectivity index (χ4v) is 13.0. The molecule has 4 nitrogen and oxygen atoms in total. The normalized spacial score (nSPS) is 44.4. The molecule has 0 spiro atoms. The van der Waals surface area contributed by atoms with E-state index < -0.39 is 0 Å². The molecule has 0 aliphatic heterocycles. The molecule has 5 aliphatic carbocycles. The number of ether oxygens (including phenoxy) is 1. The Balaban J connectivity index is 1.38. The molecule has 0 radical (unpaired) electrons. The van der Waals surface area contributed by atoms with Gasteiger partial charge in [0.05, 0.1) is 18.2 Å². The maximum absolute atomic E-state index is 12.1. The molecule has 0 heterocycles. The smallest absolute Gasteiger partial charge is 0.337 e. The van der Waals surface area contributed by atoms with Crippen LogP contribution >= 0.6 is 0 Å². The standard InChI is InChI=1S/C39H53NO3/c1-25(2)28-14-21-39(40-24-41)23-22-38(8)36(6)19-16-30-34(3,4)29(26-10-12-27(13-11-26)33(42)43-9)15-18-35(30,5)31(36)17-20-37(38,7)32(28)39/h10-13,15,28,30-32H,1,14,16-23H2,2-9H3/t28-,30-,31+,32+,35-,36+,37+,38-,39-/m0/s1. The van der Waals surface area contributed by atoms with Gasteiger partial charge < -0.3 is 4.74 Å². The number of nitrogens with zero attached hydrogens (tertiary/aromatic N) is 1. The summed E-state index contributed by atoms with van der Waals surface area (Å²) in [5, 5.41) is 0. The lowest BCUT2D eigenvalue weighted by molar-refractivity contribution is -0.253. The Morgan fingerprint density at radius 2 is 1.56 bits per heavy atom. The zero-order chi connectivity index (χ0) is 31.2. The number of aliphatic imine (C=N–C) groups is 1. The van der Waals surface area contributed by atoms with Crippen molar-refractivity contribution in [3.8, 4) is 0 Å². The average Bonchev–Trinajstić information content (AvgIpc) is 3.35. The van der Waals surface area contributed by atoms with Crippen molar-refractivity contribution in [1.29, 1.82) is 0 Å². The van der Waals surface area contributed by atoms with Crippen molar-refractivity contribution < 1.29 is 14.3 Å². The van der Waals surface area contributed by atoms with E-state index in [9.17, 15) is 9.59 Å². The van der Waals surface area contributed by atoms with Gasteiger partial charge in [-0.3, -0.25) is 0 Å². The van der Waals surface area contributed by atoms with Crippen LogP contribution in [0.15, 0.2) is 47.5 Å². The molecule has 6 rings (SSSR count). The van der Waals surface area contributed by atoms with E-state index in [4.69, 9.17) is 4.74 Å². The minimum Gasteiger partial charge on any atom is -0.465 e. The van der Waals surface area contributed by atoms with Gasteiger partial charge in [-0.05, 0) is 139 Å². The van der Waals surface area contributed by atoms with Crippen LogP contribution in [0.4, 0.5) is 0 Å². The van der Waals surface area contributed by atoms with Crippen LogP contribution in [-0.2, 0) is 9.53 Å². The number of carbonyl (C=O) groups excluding carboxylic acids is 2. The summed E-state index contributed by atoms with van der Waals surface area (Å²) >= 11 is 0. The lowest BCUT2D eigenvalue weighted by atomic mass is 9.29. The van der Waals surface area contributed by atoms with Crippen molar-refractivity contribution in [2.75, 3.05) is 7.11 Å². The highest BCUT2D eigenvalue weighted by atomic mass is 16.5. The zero-order valence-corrected chi connectivity index (χ0v) is 27.9. The van der Waals surface area contributed by atoms with E-state index in [2.05, 4.69) is 78.2 Å². The number of carbonyl (C=O) groups is 1. The van der Waals surface area contributed by atoms with E-state index in [0.29, 0.717) is 29.2 Å². The Labute approximate surface area is 259 Å². The largest absolute Gasteiger partial charge is 0.465 e. The topological polar surface area (TPSA) is 55.7 Å². The number of isocyanates is 1.